The molecule has 26 heavy (non-hydrogen) atoms. The molecule has 1 aliphatic rings. The first-order valence-corrected chi connectivity index (χ1v) is 8.28. The van der Waals surface area contributed by atoms with Gasteiger partial charge in [-0.15, -0.1) is 0 Å². The minimum Gasteiger partial charge on any atom is -0.397 e. The summed E-state index contributed by atoms with van der Waals surface area (Å²) in [5.74, 6) is -3.24. The molecule has 6 nitrogen and oxygen atoms in total. The number of hydrogen-bond donors (Lipinski definition) is 1. The zero-order valence-corrected chi connectivity index (χ0v) is 13.9. The highest BCUT2D eigenvalue weighted by Gasteiger charge is 2.37. The zero-order chi connectivity index (χ0) is 18.3. The van der Waals surface area contributed by atoms with Gasteiger partial charge in [-0.05, 0) is 24.6 Å². The number of likely N-dealkylation sites (tertiary alicyclic amines) is 1. The minimum atomic E-state index is -2.82. The molecule has 4 heterocycles. The Morgan fingerprint density at radius 1 is 1.23 bits per heavy atom. The van der Waals surface area contributed by atoms with Crippen molar-refractivity contribution in [1.29, 1.82) is 0 Å². The molecule has 2 N–H and O–H groups in total. The van der Waals surface area contributed by atoms with Gasteiger partial charge in [-0.1, -0.05) is 0 Å². The van der Waals surface area contributed by atoms with E-state index in [1.54, 1.807) is 30.7 Å². The summed E-state index contributed by atoms with van der Waals surface area (Å²) in [6.45, 7) is -0.206. The van der Waals surface area contributed by atoms with Gasteiger partial charge in [0.1, 0.15) is 5.65 Å². The molecule has 4 rings (SSSR count). The maximum atomic E-state index is 13.6. The average molecular weight is 357 g/mol. The lowest BCUT2D eigenvalue weighted by atomic mass is 10.1. The second-order valence-electron chi connectivity index (χ2n) is 6.49. The largest absolute Gasteiger partial charge is 0.397 e. The van der Waals surface area contributed by atoms with E-state index in [2.05, 4.69) is 9.97 Å². The number of nitrogens with zero attached hydrogens (tertiary/aromatic N) is 4. The molecule has 1 saturated heterocycles. The van der Waals surface area contributed by atoms with Crippen LogP contribution in [-0.4, -0.2) is 44.4 Å². The lowest BCUT2D eigenvalue weighted by molar-refractivity contribution is -0.0560. The summed E-state index contributed by atoms with van der Waals surface area (Å²) in [6, 6.07) is 5.25. The molecule has 0 bridgehead atoms. The van der Waals surface area contributed by atoms with Crippen molar-refractivity contribution in [1.82, 2.24) is 19.4 Å². The molecular formula is C18H17F2N5O. The molecule has 0 aromatic carbocycles. The number of nitrogen functional groups attached to an aromatic ring is 1. The summed E-state index contributed by atoms with van der Waals surface area (Å²) in [6.07, 6.45) is 6.56. The van der Waals surface area contributed by atoms with Gasteiger partial charge in [-0.2, -0.15) is 0 Å². The van der Waals surface area contributed by atoms with Crippen molar-refractivity contribution in [2.75, 3.05) is 18.8 Å². The van der Waals surface area contributed by atoms with E-state index in [1.165, 1.54) is 11.1 Å². The smallest absolute Gasteiger partial charge is 0.265 e. The molecule has 0 saturated carbocycles. The van der Waals surface area contributed by atoms with Crippen molar-refractivity contribution >= 4 is 22.6 Å². The van der Waals surface area contributed by atoms with E-state index in [0.717, 1.165) is 11.1 Å². The van der Waals surface area contributed by atoms with Crippen LogP contribution in [0.15, 0.2) is 43.0 Å². The quantitative estimate of drug-likeness (QED) is 0.765. The second kappa shape index (κ2) is 6.05. The number of pyridine rings is 2. The van der Waals surface area contributed by atoms with Gasteiger partial charge in [0.15, 0.2) is 0 Å². The number of aromatic nitrogens is 3. The number of nitrogens with two attached hydrogens (primary N) is 1. The third kappa shape index (κ3) is 2.98. The fourth-order valence-electron chi connectivity index (χ4n) is 3.25. The first-order chi connectivity index (χ1) is 12.4. The van der Waals surface area contributed by atoms with E-state index in [-0.39, 0.29) is 6.42 Å². The van der Waals surface area contributed by atoms with Gasteiger partial charge in [0, 0.05) is 36.9 Å². The molecule has 0 aliphatic carbocycles. The first kappa shape index (κ1) is 16.4. The van der Waals surface area contributed by atoms with Crippen molar-refractivity contribution in [2.24, 2.45) is 0 Å². The SMILES string of the molecule is Nc1cncc(-n2ccc3cc(C(=O)N4CCCC(F)(F)C4)cnc32)c1. The van der Waals surface area contributed by atoms with Crippen LogP contribution in [0.25, 0.3) is 16.7 Å². The van der Waals surface area contributed by atoms with Gasteiger partial charge in [0.05, 0.1) is 29.7 Å². The fourth-order valence-corrected chi connectivity index (χ4v) is 3.25. The monoisotopic (exact) mass is 357 g/mol. The predicted octanol–water partition coefficient (Wildman–Crippen LogP) is 2.87. The van der Waals surface area contributed by atoms with Gasteiger partial charge in [-0.25, -0.2) is 13.8 Å². The molecule has 0 unspecified atom stereocenters. The van der Waals surface area contributed by atoms with Crippen molar-refractivity contribution in [2.45, 2.75) is 18.8 Å². The number of amides is 1. The number of hydrogen-bond acceptors (Lipinski definition) is 4. The maximum Gasteiger partial charge on any atom is 0.265 e. The minimum absolute atomic E-state index is 0.175. The first-order valence-electron chi connectivity index (χ1n) is 8.28. The van der Waals surface area contributed by atoms with E-state index in [4.69, 9.17) is 5.73 Å². The molecule has 3 aromatic heterocycles. The molecule has 1 fully saturated rings. The number of halogens is 2. The topological polar surface area (TPSA) is 77.0 Å². The number of carbonyl (C=O) groups excluding carboxylic acids is 1. The van der Waals surface area contributed by atoms with Crippen LogP contribution in [0.4, 0.5) is 14.5 Å². The lowest BCUT2D eigenvalue weighted by Gasteiger charge is -2.32. The van der Waals surface area contributed by atoms with Gasteiger partial charge >= 0.3 is 0 Å². The third-order valence-corrected chi connectivity index (χ3v) is 4.48. The van der Waals surface area contributed by atoms with Crippen molar-refractivity contribution in [3.8, 4) is 5.69 Å². The Labute approximate surface area is 148 Å². The van der Waals surface area contributed by atoms with Crippen LogP contribution in [0.3, 0.4) is 0 Å². The van der Waals surface area contributed by atoms with Crippen LogP contribution in [0.5, 0.6) is 0 Å². The van der Waals surface area contributed by atoms with Crippen LogP contribution >= 0.6 is 0 Å². The lowest BCUT2D eigenvalue weighted by Crippen LogP contribution is -2.45. The summed E-state index contributed by atoms with van der Waals surface area (Å²) < 4.78 is 29.0. The summed E-state index contributed by atoms with van der Waals surface area (Å²) in [5.41, 5.74) is 7.99. The fraction of sp³-hybridized carbons (Fsp3) is 0.278. The van der Waals surface area contributed by atoms with Gasteiger partial charge in [0.2, 0.25) is 0 Å². The highest BCUT2D eigenvalue weighted by molar-refractivity contribution is 5.97. The van der Waals surface area contributed by atoms with Crippen LogP contribution < -0.4 is 5.73 Å². The Balaban J connectivity index is 1.66. The number of rotatable bonds is 2. The molecule has 3 aromatic rings. The Morgan fingerprint density at radius 3 is 2.85 bits per heavy atom. The molecule has 0 atom stereocenters. The van der Waals surface area contributed by atoms with E-state index >= 15 is 0 Å². The Morgan fingerprint density at radius 2 is 2.08 bits per heavy atom. The van der Waals surface area contributed by atoms with E-state index in [0.29, 0.717) is 29.9 Å². The molecule has 1 aliphatic heterocycles. The standard InChI is InChI=1S/C18H17F2N5O/c19-18(20)3-1-4-24(11-18)17(26)13-6-12-2-5-25(16(12)23-8-13)15-7-14(21)9-22-10-15/h2,5-10H,1,3-4,11,21H2. The van der Waals surface area contributed by atoms with Gasteiger partial charge in [0.25, 0.3) is 11.8 Å². The third-order valence-electron chi connectivity index (χ3n) is 4.48. The molecule has 0 spiro atoms. The average Bonchev–Trinajstić information content (AvgIpc) is 3.03. The molecule has 0 radical (unpaired) electrons. The summed E-state index contributed by atoms with van der Waals surface area (Å²) >= 11 is 0. The predicted molar refractivity (Wildman–Crippen MR) is 93.4 cm³/mol. The number of fused-ring (bicyclic) bond motifs is 1. The van der Waals surface area contributed by atoms with Crippen molar-refractivity contribution < 1.29 is 13.6 Å². The Kier molecular flexibility index (Phi) is 3.82. The highest BCUT2D eigenvalue weighted by atomic mass is 19.3. The summed E-state index contributed by atoms with van der Waals surface area (Å²) in [4.78, 5) is 22.2. The highest BCUT2D eigenvalue weighted by Crippen LogP contribution is 2.28. The number of carbonyl (C=O) groups is 1. The van der Waals surface area contributed by atoms with Crippen LogP contribution in [0, 0.1) is 0 Å². The van der Waals surface area contributed by atoms with Crippen LogP contribution in [0.1, 0.15) is 23.2 Å². The van der Waals surface area contributed by atoms with Crippen LogP contribution in [-0.2, 0) is 0 Å². The van der Waals surface area contributed by atoms with Gasteiger partial charge < -0.3 is 10.6 Å². The Hall–Kier alpha value is -3.03. The van der Waals surface area contributed by atoms with Crippen LogP contribution in [0.2, 0.25) is 0 Å². The summed E-state index contributed by atoms with van der Waals surface area (Å²) in [5, 5.41) is 0.738. The maximum absolute atomic E-state index is 13.6. The molecule has 1 amide bonds. The molecule has 134 valence electrons. The van der Waals surface area contributed by atoms with E-state index in [1.807, 2.05) is 10.6 Å². The number of anilines is 1. The van der Waals surface area contributed by atoms with Crippen molar-refractivity contribution in [3.63, 3.8) is 0 Å². The normalized spacial score (nSPS) is 16.8. The molecule has 8 heteroatoms. The molecular weight excluding hydrogens is 340 g/mol. The summed E-state index contributed by atoms with van der Waals surface area (Å²) in [7, 11) is 0. The number of alkyl halides is 2. The van der Waals surface area contributed by atoms with Crippen molar-refractivity contribution in [3.05, 3.63) is 48.5 Å². The van der Waals surface area contributed by atoms with E-state index in [9.17, 15) is 13.6 Å². The van der Waals surface area contributed by atoms with Gasteiger partial charge in [-0.3, -0.25) is 14.3 Å². The van der Waals surface area contributed by atoms with E-state index < -0.39 is 18.4 Å². The zero-order valence-electron chi connectivity index (χ0n) is 13.9. The Bertz CT molecular complexity index is 985. The number of piperidine rings is 1. The second-order valence-corrected chi connectivity index (χ2v) is 6.49.